The van der Waals surface area contributed by atoms with Crippen molar-refractivity contribution >= 4 is 24.5 Å². The van der Waals surface area contributed by atoms with Crippen molar-refractivity contribution in [1.29, 1.82) is 0 Å². The Balaban J connectivity index is 0.00000169. The molecule has 0 aromatic carbocycles. The minimum Gasteiger partial charge on any atom is -1.00 e. The standard InChI is InChI=1S/C9H18N2SSi.HI/c1-13(2,3)8-4-5-11-6-7-12-9(11)10;/h6-7,10H,4-5,8H2,1-3H3;1H. The molecule has 0 unspecified atom stereocenters. The van der Waals surface area contributed by atoms with Crippen molar-refractivity contribution in [3.05, 3.63) is 11.6 Å². The van der Waals surface area contributed by atoms with E-state index in [1.165, 1.54) is 12.5 Å². The molecule has 0 saturated heterocycles. The molecular weight excluding hydrogens is 323 g/mol. The van der Waals surface area contributed by atoms with Crippen LogP contribution in [0.5, 0.6) is 0 Å². The predicted molar refractivity (Wildman–Crippen MR) is 61.7 cm³/mol. The molecule has 0 atom stereocenters. The second-order valence-electron chi connectivity index (χ2n) is 4.60. The molecule has 0 fully saturated rings. The van der Waals surface area contributed by atoms with Crippen molar-refractivity contribution in [2.75, 3.05) is 5.73 Å². The van der Waals surface area contributed by atoms with E-state index in [9.17, 15) is 0 Å². The number of aromatic nitrogens is 1. The molecule has 0 aliphatic heterocycles. The smallest absolute Gasteiger partial charge is 0.331 e. The lowest BCUT2D eigenvalue weighted by Gasteiger charge is -2.14. The Bertz CT molecular complexity index is 270. The molecule has 0 radical (unpaired) electrons. The number of thiazole rings is 1. The Kier molecular flexibility index (Phi) is 6.23. The lowest BCUT2D eigenvalue weighted by atomic mass is 10.5. The first-order valence-electron chi connectivity index (χ1n) is 4.71. The molecule has 2 N–H and O–H groups in total. The lowest BCUT2D eigenvalue weighted by Crippen LogP contribution is -3.00. The molecule has 82 valence electrons. The molecule has 2 nitrogen and oxygen atoms in total. The van der Waals surface area contributed by atoms with Gasteiger partial charge in [0.1, 0.15) is 6.20 Å². The second-order valence-corrected chi connectivity index (χ2v) is 11.1. The SMILES string of the molecule is C[Si](C)(C)CCC[n+]1ccsc1N.[I-]. The van der Waals surface area contributed by atoms with Crippen molar-refractivity contribution in [1.82, 2.24) is 0 Å². The van der Waals surface area contributed by atoms with Crippen LogP contribution in [-0.4, -0.2) is 8.07 Å². The topological polar surface area (TPSA) is 29.9 Å². The number of nitrogens with two attached hydrogens (primary N) is 1. The van der Waals surface area contributed by atoms with Gasteiger partial charge in [0.25, 0.3) is 0 Å². The predicted octanol–water partition coefficient (Wildman–Crippen LogP) is -0.650. The molecular formula is C9H19IN2SSi. The maximum absolute atomic E-state index is 5.78. The summed E-state index contributed by atoms with van der Waals surface area (Å²) in [6.07, 6.45) is 3.34. The Morgan fingerprint density at radius 2 is 2.07 bits per heavy atom. The fourth-order valence-electron chi connectivity index (χ4n) is 1.28. The van der Waals surface area contributed by atoms with E-state index in [1.54, 1.807) is 11.3 Å². The molecule has 1 heterocycles. The van der Waals surface area contributed by atoms with Gasteiger partial charge in [-0.3, -0.25) is 5.73 Å². The zero-order valence-corrected chi connectivity index (χ0v) is 13.1. The van der Waals surface area contributed by atoms with Crippen molar-refractivity contribution < 1.29 is 28.5 Å². The van der Waals surface area contributed by atoms with Crippen LogP contribution in [0, 0.1) is 0 Å². The minimum absolute atomic E-state index is 0. The highest BCUT2D eigenvalue weighted by Gasteiger charge is 2.13. The van der Waals surface area contributed by atoms with E-state index in [-0.39, 0.29) is 24.0 Å². The second kappa shape index (κ2) is 6.07. The van der Waals surface area contributed by atoms with Gasteiger partial charge in [0, 0.05) is 13.5 Å². The summed E-state index contributed by atoms with van der Waals surface area (Å²) in [5.74, 6) is 0. The molecule has 0 spiro atoms. The molecule has 5 heteroatoms. The number of halogens is 1. The summed E-state index contributed by atoms with van der Waals surface area (Å²) in [6, 6.07) is 1.38. The summed E-state index contributed by atoms with van der Waals surface area (Å²) >= 11 is 1.61. The summed E-state index contributed by atoms with van der Waals surface area (Å²) < 4.78 is 2.14. The first-order chi connectivity index (χ1) is 5.99. The summed E-state index contributed by atoms with van der Waals surface area (Å²) in [5, 5.41) is 2.97. The number of hydrogen-bond acceptors (Lipinski definition) is 2. The maximum atomic E-state index is 5.78. The van der Waals surface area contributed by atoms with Crippen LogP contribution >= 0.6 is 11.3 Å². The first kappa shape index (κ1) is 14.4. The van der Waals surface area contributed by atoms with Crippen molar-refractivity contribution in [3.8, 4) is 0 Å². The maximum Gasteiger partial charge on any atom is 0.331 e. The van der Waals surface area contributed by atoms with E-state index >= 15 is 0 Å². The van der Waals surface area contributed by atoms with Gasteiger partial charge in [0.2, 0.25) is 0 Å². The number of nitrogen functional groups attached to an aromatic ring is 1. The molecule has 0 bridgehead atoms. The number of rotatable bonds is 4. The largest absolute Gasteiger partial charge is 1.00 e. The van der Waals surface area contributed by atoms with E-state index in [1.807, 2.05) is 5.38 Å². The highest BCUT2D eigenvalue weighted by atomic mass is 127. The van der Waals surface area contributed by atoms with Crippen molar-refractivity contribution in [2.45, 2.75) is 38.7 Å². The normalized spacial score (nSPS) is 11.1. The van der Waals surface area contributed by atoms with Gasteiger partial charge in [-0.1, -0.05) is 37.0 Å². The fraction of sp³-hybridized carbons (Fsp3) is 0.667. The van der Waals surface area contributed by atoms with E-state index < -0.39 is 8.07 Å². The quantitative estimate of drug-likeness (QED) is 0.440. The van der Waals surface area contributed by atoms with Crippen LogP contribution in [0.3, 0.4) is 0 Å². The monoisotopic (exact) mass is 342 g/mol. The zero-order valence-electron chi connectivity index (χ0n) is 9.09. The molecule has 0 aliphatic rings. The Morgan fingerprint density at radius 3 is 2.50 bits per heavy atom. The van der Waals surface area contributed by atoms with Crippen molar-refractivity contribution in [3.63, 3.8) is 0 Å². The summed E-state index contributed by atoms with van der Waals surface area (Å²) in [6.45, 7) is 8.32. The van der Waals surface area contributed by atoms with Gasteiger partial charge in [-0.15, -0.1) is 0 Å². The highest BCUT2D eigenvalue weighted by Crippen LogP contribution is 2.11. The summed E-state index contributed by atoms with van der Waals surface area (Å²) in [5.41, 5.74) is 5.78. The third-order valence-electron chi connectivity index (χ3n) is 2.04. The van der Waals surface area contributed by atoms with Crippen LogP contribution in [0.4, 0.5) is 5.13 Å². The molecule has 0 amide bonds. The zero-order chi connectivity index (χ0) is 9.90. The van der Waals surface area contributed by atoms with Crippen LogP contribution < -0.4 is 34.3 Å². The molecule has 0 saturated carbocycles. The molecule has 1 rings (SSSR count). The van der Waals surface area contributed by atoms with Gasteiger partial charge in [-0.05, 0) is 6.42 Å². The summed E-state index contributed by atoms with van der Waals surface area (Å²) in [7, 11) is -0.859. The summed E-state index contributed by atoms with van der Waals surface area (Å²) in [4.78, 5) is 0. The fourth-order valence-corrected chi connectivity index (χ4v) is 3.13. The third kappa shape index (κ3) is 5.31. The highest BCUT2D eigenvalue weighted by molar-refractivity contribution is 7.12. The lowest BCUT2D eigenvalue weighted by molar-refractivity contribution is -0.678. The van der Waals surface area contributed by atoms with Gasteiger partial charge in [-0.25, -0.2) is 4.57 Å². The number of hydrogen-bond donors (Lipinski definition) is 1. The van der Waals surface area contributed by atoms with Crippen molar-refractivity contribution in [2.24, 2.45) is 0 Å². The Labute approximate surface area is 109 Å². The third-order valence-corrected chi connectivity index (χ3v) is 4.63. The minimum atomic E-state index is -0.859. The van der Waals surface area contributed by atoms with Crippen LogP contribution in [-0.2, 0) is 6.54 Å². The van der Waals surface area contributed by atoms with E-state index in [4.69, 9.17) is 5.73 Å². The molecule has 1 aromatic heterocycles. The van der Waals surface area contributed by atoms with E-state index in [2.05, 4.69) is 30.4 Å². The van der Waals surface area contributed by atoms with Crippen LogP contribution in [0.2, 0.25) is 25.7 Å². The Hall–Kier alpha value is 0.377. The van der Waals surface area contributed by atoms with E-state index in [0.29, 0.717) is 0 Å². The molecule has 1 aromatic rings. The Morgan fingerprint density at radius 1 is 1.43 bits per heavy atom. The van der Waals surface area contributed by atoms with Crippen LogP contribution in [0.25, 0.3) is 0 Å². The van der Waals surface area contributed by atoms with E-state index in [0.717, 1.165) is 11.7 Å². The average Bonchev–Trinajstić information content (AvgIpc) is 2.34. The van der Waals surface area contributed by atoms with Gasteiger partial charge < -0.3 is 24.0 Å². The number of anilines is 1. The molecule has 0 aliphatic carbocycles. The average molecular weight is 342 g/mol. The van der Waals surface area contributed by atoms with Gasteiger partial charge >= 0.3 is 5.13 Å². The molecule has 14 heavy (non-hydrogen) atoms. The number of nitrogens with zero attached hydrogens (tertiary/aromatic N) is 1. The van der Waals surface area contributed by atoms with Crippen LogP contribution in [0.15, 0.2) is 11.6 Å². The van der Waals surface area contributed by atoms with Gasteiger partial charge in [0.15, 0.2) is 0 Å². The number of aryl methyl sites for hydroxylation is 1. The van der Waals surface area contributed by atoms with Crippen LogP contribution in [0.1, 0.15) is 6.42 Å². The first-order valence-corrected chi connectivity index (χ1v) is 9.30. The van der Waals surface area contributed by atoms with Gasteiger partial charge in [-0.2, -0.15) is 0 Å². The van der Waals surface area contributed by atoms with Gasteiger partial charge in [0.05, 0.1) is 6.54 Å².